The van der Waals surface area contributed by atoms with Gasteiger partial charge in [-0.15, -0.1) is 0 Å². The molecular weight excluding hydrogens is 228 g/mol. The first-order valence-electron chi connectivity index (χ1n) is 6.61. The lowest BCUT2D eigenvalue weighted by Crippen LogP contribution is -2.27. The number of nitrogens with zero attached hydrogens (tertiary/aromatic N) is 3. The maximum Gasteiger partial charge on any atom is 0.218 e. The van der Waals surface area contributed by atoms with Crippen LogP contribution in [-0.2, 0) is 0 Å². The average molecular weight is 250 g/mol. The van der Waals surface area contributed by atoms with E-state index in [4.69, 9.17) is 4.74 Å². The number of nitrogens with one attached hydrogen (secondary N) is 1. The molecule has 18 heavy (non-hydrogen) atoms. The van der Waals surface area contributed by atoms with E-state index in [0.29, 0.717) is 12.5 Å². The summed E-state index contributed by atoms with van der Waals surface area (Å²) in [6.45, 7) is 6.40. The molecule has 1 aliphatic rings. The molecule has 0 atom stereocenters. The Bertz CT molecular complexity index is 393. The first-order chi connectivity index (χ1) is 8.69. The number of rotatable bonds is 7. The van der Waals surface area contributed by atoms with Crippen molar-refractivity contribution in [2.45, 2.75) is 32.7 Å². The smallest absolute Gasteiger partial charge is 0.218 e. The predicted molar refractivity (Wildman–Crippen MR) is 72.1 cm³/mol. The van der Waals surface area contributed by atoms with Crippen LogP contribution < -0.4 is 10.1 Å². The lowest BCUT2D eigenvalue weighted by atomic mass is 10.4. The summed E-state index contributed by atoms with van der Waals surface area (Å²) in [6, 6.07) is 2.66. The first-order valence-corrected chi connectivity index (χ1v) is 6.61. The summed E-state index contributed by atoms with van der Waals surface area (Å²) in [6.07, 6.45) is 2.69. The third-order valence-corrected chi connectivity index (χ3v) is 3.05. The van der Waals surface area contributed by atoms with Gasteiger partial charge in [-0.3, -0.25) is 0 Å². The van der Waals surface area contributed by atoms with Crippen LogP contribution in [0, 0.1) is 6.92 Å². The van der Waals surface area contributed by atoms with Gasteiger partial charge < -0.3 is 15.0 Å². The van der Waals surface area contributed by atoms with Crippen molar-refractivity contribution in [3.05, 3.63) is 11.9 Å². The molecule has 1 fully saturated rings. The number of anilines is 1. The highest BCUT2D eigenvalue weighted by molar-refractivity contribution is 5.38. The fourth-order valence-electron chi connectivity index (χ4n) is 1.91. The second-order valence-electron chi connectivity index (χ2n) is 4.71. The highest BCUT2D eigenvalue weighted by Crippen LogP contribution is 2.24. The van der Waals surface area contributed by atoms with Crippen molar-refractivity contribution < 1.29 is 4.74 Å². The fourth-order valence-corrected chi connectivity index (χ4v) is 1.91. The van der Waals surface area contributed by atoms with Crippen LogP contribution in [0.3, 0.4) is 0 Å². The van der Waals surface area contributed by atoms with E-state index in [0.717, 1.165) is 30.8 Å². The summed E-state index contributed by atoms with van der Waals surface area (Å²) in [5.74, 6) is 2.22. The van der Waals surface area contributed by atoms with Crippen LogP contribution in [0.5, 0.6) is 5.88 Å². The summed E-state index contributed by atoms with van der Waals surface area (Å²) in [5, 5.41) is 3.33. The van der Waals surface area contributed by atoms with E-state index in [1.165, 1.54) is 12.8 Å². The molecule has 0 amide bonds. The Morgan fingerprint density at radius 3 is 2.89 bits per heavy atom. The van der Waals surface area contributed by atoms with Crippen LogP contribution in [-0.4, -0.2) is 47.7 Å². The Morgan fingerprint density at radius 2 is 2.22 bits per heavy atom. The number of hydrogen-bond donors (Lipinski definition) is 1. The van der Waals surface area contributed by atoms with Gasteiger partial charge in [-0.2, -0.15) is 4.98 Å². The Morgan fingerprint density at radius 1 is 1.44 bits per heavy atom. The Hall–Kier alpha value is -1.36. The molecule has 1 saturated carbocycles. The highest BCUT2D eigenvalue weighted by atomic mass is 16.5. The zero-order valence-electron chi connectivity index (χ0n) is 11.4. The van der Waals surface area contributed by atoms with Gasteiger partial charge in [-0.1, -0.05) is 0 Å². The van der Waals surface area contributed by atoms with Gasteiger partial charge in [-0.25, -0.2) is 4.98 Å². The van der Waals surface area contributed by atoms with E-state index < -0.39 is 0 Å². The van der Waals surface area contributed by atoms with Gasteiger partial charge in [0.05, 0.1) is 6.61 Å². The third-order valence-electron chi connectivity index (χ3n) is 3.05. The number of hydrogen-bond acceptors (Lipinski definition) is 5. The summed E-state index contributed by atoms with van der Waals surface area (Å²) in [4.78, 5) is 11.0. The van der Waals surface area contributed by atoms with E-state index in [1.54, 1.807) is 0 Å². The van der Waals surface area contributed by atoms with Crippen LogP contribution in [0.4, 0.5) is 5.82 Å². The van der Waals surface area contributed by atoms with Crippen molar-refractivity contribution in [1.82, 2.24) is 14.9 Å². The number of aromatic nitrogens is 2. The average Bonchev–Trinajstić information content (AvgIpc) is 3.12. The molecule has 5 nitrogen and oxygen atoms in total. The van der Waals surface area contributed by atoms with Gasteiger partial charge in [0.2, 0.25) is 5.88 Å². The largest absolute Gasteiger partial charge is 0.478 e. The summed E-state index contributed by atoms with van der Waals surface area (Å²) < 4.78 is 5.40. The standard InChI is InChI=1S/C13H22N4O/c1-4-18-13-9-12(15-10(2)16-13)14-7-8-17(3)11-5-6-11/h9,11H,4-8H2,1-3H3,(H,14,15,16). The van der Waals surface area contributed by atoms with Gasteiger partial charge >= 0.3 is 0 Å². The van der Waals surface area contributed by atoms with E-state index in [-0.39, 0.29) is 0 Å². The van der Waals surface area contributed by atoms with Gasteiger partial charge in [0.25, 0.3) is 0 Å². The minimum Gasteiger partial charge on any atom is -0.478 e. The van der Waals surface area contributed by atoms with Gasteiger partial charge in [0.15, 0.2) is 0 Å². The first kappa shape index (κ1) is 13.1. The molecular formula is C13H22N4O. The second-order valence-corrected chi connectivity index (χ2v) is 4.71. The van der Waals surface area contributed by atoms with Crippen molar-refractivity contribution in [3.63, 3.8) is 0 Å². The molecule has 0 bridgehead atoms. The monoisotopic (exact) mass is 250 g/mol. The number of likely N-dealkylation sites (N-methyl/N-ethyl adjacent to an activating group) is 1. The van der Waals surface area contributed by atoms with Gasteiger partial charge in [-0.05, 0) is 33.7 Å². The molecule has 0 spiro atoms. The number of ether oxygens (including phenoxy) is 1. The maximum absolute atomic E-state index is 5.40. The molecule has 0 saturated heterocycles. The molecule has 1 aromatic heterocycles. The Labute approximate surface area is 109 Å². The van der Waals surface area contributed by atoms with Crippen molar-refractivity contribution >= 4 is 5.82 Å². The lowest BCUT2D eigenvalue weighted by molar-refractivity contribution is 0.325. The molecule has 1 N–H and O–H groups in total. The molecule has 2 rings (SSSR count). The molecule has 0 radical (unpaired) electrons. The molecule has 0 unspecified atom stereocenters. The van der Waals surface area contributed by atoms with Crippen LogP contribution in [0.15, 0.2) is 6.07 Å². The molecule has 0 aliphatic heterocycles. The second kappa shape index (κ2) is 6.00. The number of aryl methyl sites for hydroxylation is 1. The summed E-state index contributed by atoms with van der Waals surface area (Å²) in [5.41, 5.74) is 0. The molecule has 1 aliphatic carbocycles. The normalized spacial score (nSPS) is 14.9. The van der Waals surface area contributed by atoms with Crippen LogP contribution in [0.2, 0.25) is 0 Å². The van der Waals surface area contributed by atoms with Crippen molar-refractivity contribution in [3.8, 4) is 5.88 Å². The van der Waals surface area contributed by atoms with Crippen LogP contribution in [0.1, 0.15) is 25.6 Å². The van der Waals surface area contributed by atoms with E-state index in [2.05, 4.69) is 27.2 Å². The van der Waals surface area contributed by atoms with E-state index in [9.17, 15) is 0 Å². The lowest BCUT2D eigenvalue weighted by Gasteiger charge is -2.16. The zero-order chi connectivity index (χ0) is 13.0. The predicted octanol–water partition coefficient (Wildman–Crippen LogP) is 1.69. The van der Waals surface area contributed by atoms with E-state index >= 15 is 0 Å². The maximum atomic E-state index is 5.40. The van der Waals surface area contributed by atoms with Gasteiger partial charge in [0, 0.05) is 25.2 Å². The van der Waals surface area contributed by atoms with E-state index in [1.807, 2.05) is 19.9 Å². The zero-order valence-corrected chi connectivity index (χ0v) is 11.4. The van der Waals surface area contributed by atoms with Gasteiger partial charge in [0.1, 0.15) is 11.6 Å². The van der Waals surface area contributed by atoms with Crippen molar-refractivity contribution in [2.75, 3.05) is 32.1 Å². The summed E-state index contributed by atoms with van der Waals surface area (Å²) in [7, 11) is 2.18. The molecule has 0 aromatic carbocycles. The van der Waals surface area contributed by atoms with Crippen molar-refractivity contribution in [1.29, 1.82) is 0 Å². The van der Waals surface area contributed by atoms with Crippen LogP contribution >= 0.6 is 0 Å². The quantitative estimate of drug-likeness (QED) is 0.798. The molecule has 5 heteroatoms. The topological polar surface area (TPSA) is 50.3 Å². The Balaban J connectivity index is 1.83. The molecule has 1 heterocycles. The fraction of sp³-hybridized carbons (Fsp3) is 0.692. The highest BCUT2D eigenvalue weighted by Gasteiger charge is 2.25. The van der Waals surface area contributed by atoms with Crippen LogP contribution in [0.25, 0.3) is 0 Å². The Kier molecular flexibility index (Phi) is 4.36. The third kappa shape index (κ3) is 3.84. The minimum atomic E-state index is 0.625. The minimum absolute atomic E-state index is 0.625. The SMILES string of the molecule is CCOc1cc(NCCN(C)C2CC2)nc(C)n1. The molecule has 100 valence electrons. The summed E-state index contributed by atoms with van der Waals surface area (Å²) >= 11 is 0. The molecule has 1 aromatic rings. The van der Waals surface area contributed by atoms with Crippen molar-refractivity contribution in [2.24, 2.45) is 0 Å².